The van der Waals surface area contributed by atoms with Crippen LogP contribution < -0.4 is 16.2 Å². The van der Waals surface area contributed by atoms with Crippen molar-refractivity contribution in [3.8, 4) is 0 Å². The Hall–Kier alpha value is -2.90. The Morgan fingerprint density at radius 3 is 2.83 bits per heavy atom. The fraction of sp³-hybridized carbons (Fsp3) is 0.333. The Kier molecular flexibility index (Phi) is 3.96. The quantitative estimate of drug-likeness (QED) is 0.735. The maximum absolute atomic E-state index is 12.4. The molecule has 1 atom stereocenters. The maximum atomic E-state index is 12.4. The van der Waals surface area contributed by atoms with E-state index in [1.165, 1.54) is 0 Å². The molecule has 3 amide bonds. The van der Waals surface area contributed by atoms with E-state index < -0.39 is 6.04 Å². The van der Waals surface area contributed by atoms with Crippen molar-refractivity contribution >= 4 is 22.8 Å². The number of urea groups is 1. The van der Waals surface area contributed by atoms with Crippen LogP contribution in [0.1, 0.15) is 12.7 Å². The summed E-state index contributed by atoms with van der Waals surface area (Å²) in [5, 5.41) is 5.63. The van der Waals surface area contributed by atoms with E-state index in [2.05, 4.69) is 20.6 Å². The second-order valence-electron chi connectivity index (χ2n) is 5.29. The summed E-state index contributed by atoms with van der Waals surface area (Å²) in [6.45, 7) is 2.72. The fourth-order valence-corrected chi connectivity index (χ4v) is 2.56. The third kappa shape index (κ3) is 3.01. The Bertz CT molecular complexity index is 816. The van der Waals surface area contributed by atoms with Crippen molar-refractivity contribution < 1.29 is 9.59 Å². The van der Waals surface area contributed by atoms with Crippen LogP contribution in [0.25, 0.3) is 10.9 Å². The van der Waals surface area contributed by atoms with Crippen LogP contribution in [0.15, 0.2) is 29.1 Å². The topological polar surface area (TPSA) is 107 Å². The first-order chi connectivity index (χ1) is 11.1. The Balaban J connectivity index is 1.83. The molecule has 8 nitrogen and oxygen atoms in total. The first kappa shape index (κ1) is 15.0. The first-order valence-corrected chi connectivity index (χ1v) is 7.39. The summed E-state index contributed by atoms with van der Waals surface area (Å²) in [7, 11) is 0. The summed E-state index contributed by atoms with van der Waals surface area (Å²) < 4.78 is 0. The van der Waals surface area contributed by atoms with Crippen LogP contribution in [-0.2, 0) is 11.3 Å². The third-order valence-corrected chi connectivity index (χ3v) is 3.77. The molecule has 2 aromatic rings. The van der Waals surface area contributed by atoms with Crippen molar-refractivity contribution in [1.29, 1.82) is 0 Å². The summed E-state index contributed by atoms with van der Waals surface area (Å²) in [5.41, 5.74) is 0.357. The minimum atomic E-state index is -0.588. The van der Waals surface area contributed by atoms with Crippen molar-refractivity contribution in [3.05, 3.63) is 40.4 Å². The predicted octanol–water partition coefficient (Wildman–Crippen LogP) is -0.0470. The van der Waals surface area contributed by atoms with Crippen molar-refractivity contribution in [3.63, 3.8) is 0 Å². The maximum Gasteiger partial charge on any atom is 0.315 e. The average Bonchev–Trinajstić information content (AvgIpc) is 2.98. The van der Waals surface area contributed by atoms with Gasteiger partial charge in [0.2, 0.25) is 5.91 Å². The van der Waals surface area contributed by atoms with E-state index >= 15 is 0 Å². The Labute approximate surface area is 131 Å². The Morgan fingerprint density at radius 2 is 2.13 bits per heavy atom. The number of hydrogen-bond acceptors (Lipinski definition) is 4. The van der Waals surface area contributed by atoms with Gasteiger partial charge in [0.15, 0.2) is 0 Å². The van der Waals surface area contributed by atoms with Gasteiger partial charge >= 0.3 is 6.03 Å². The van der Waals surface area contributed by atoms with E-state index in [1.54, 1.807) is 29.2 Å². The summed E-state index contributed by atoms with van der Waals surface area (Å²) in [6, 6.07) is 6.10. The number of para-hydroxylation sites is 1. The average molecular weight is 315 g/mol. The molecule has 0 saturated carbocycles. The van der Waals surface area contributed by atoms with E-state index in [1.807, 2.05) is 6.92 Å². The lowest BCUT2D eigenvalue weighted by Gasteiger charge is -2.23. The smallest absolute Gasteiger partial charge is 0.315 e. The van der Waals surface area contributed by atoms with Gasteiger partial charge in [0, 0.05) is 13.1 Å². The third-order valence-electron chi connectivity index (χ3n) is 3.77. The largest absolute Gasteiger partial charge is 0.336 e. The minimum Gasteiger partial charge on any atom is -0.336 e. The van der Waals surface area contributed by atoms with Gasteiger partial charge in [-0.1, -0.05) is 12.1 Å². The number of H-pyrrole nitrogens is 1. The number of carbonyl (C=O) groups excluding carboxylic acids is 2. The van der Waals surface area contributed by atoms with Gasteiger partial charge in [-0.25, -0.2) is 9.78 Å². The molecular weight excluding hydrogens is 298 g/mol. The minimum absolute atomic E-state index is 0.182. The second kappa shape index (κ2) is 6.07. The molecule has 1 aromatic carbocycles. The predicted molar refractivity (Wildman–Crippen MR) is 83.8 cm³/mol. The van der Waals surface area contributed by atoms with E-state index in [0.717, 1.165) is 0 Å². The molecule has 1 aliphatic heterocycles. The highest BCUT2D eigenvalue weighted by Gasteiger charge is 2.30. The zero-order chi connectivity index (χ0) is 16.4. The molecule has 0 aliphatic carbocycles. The van der Waals surface area contributed by atoms with Crippen LogP contribution in [0.2, 0.25) is 0 Å². The molecule has 3 N–H and O–H groups in total. The summed E-state index contributed by atoms with van der Waals surface area (Å²) in [5.74, 6) is 0.211. The van der Waals surface area contributed by atoms with Crippen molar-refractivity contribution in [2.45, 2.75) is 19.5 Å². The van der Waals surface area contributed by atoms with E-state index in [0.29, 0.717) is 23.3 Å². The van der Waals surface area contributed by atoms with Crippen molar-refractivity contribution in [1.82, 2.24) is 25.5 Å². The van der Waals surface area contributed by atoms with E-state index in [9.17, 15) is 14.4 Å². The number of nitrogens with one attached hydrogen (secondary N) is 3. The van der Waals surface area contributed by atoms with Gasteiger partial charge in [0.1, 0.15) is 11.9 Å². The number of aromatic amines is 1. The molecule has 1 aromatic heterocycles. The van der Waals surface area contributed by atoms with Gasteiger partial charge in [-0.2, -0.15) is 0 Å². The fourth-order valence-electron chi connectivity index (χ4n) is 2.56. The van der Waals surface area contributed by atoms with Gasteiger partial charge in [0.05, 0.1) is 17.4 Å². The lowest BCUT2D eigenvalue weighted by Crippen LogP contribution is -2.45. The molecule has 1 fully saturated rings. The SMILES string of the molecule is CCN(Cc1nc2ccccc2c(=O)[nH]1)C(=O)[C@@H]1CNC(=O)N1. The summed E-state index contributed by atoms with van der Waals surface area (Å²) >= 11 is 0. The van der Waals surface area contributed by atoms with Gasteiger partial charge in [-0.3, -0.25) is 9.59 Å². The number of rotatable bonds is 4. The number of hydrogen-bond donors (Lipinski definition) is 3. The van der Waals surface area contributed by atoms with Crippen LogP contribution in [-0.4, -0.2) is 45.9 Å². The molecule has 1 aliphatic rings. The highest BCUT2D eigenvalue weighted by atomic mass is 16.2. The van der Waals surface area contributed by atoms with Crippen LogP contribution in [0, 0.1) is 0 Å². The number of benzene rings is 1. The first-order valence-electron chi connectivity index (χ1n) is 7.39. The van der Waals surface area contributed by atoms with Crippen LogP contribution in [0.4, 0.5) is 4.79 Å². The molecule has 0 spiro atoms. The van der Waals surface area contributed by atoms with E-state index in [4.69, 9.17) is 0 Å². The summed E-state index contributed by atoms with van der Waals surface area (Å²) in [4.78, 5) is 44.3. The molecule has 0 bridgehead atoms. The molecule has 23 heavy (non-hydrogen) atoms. The molecule has 120 valence electrons. The highest BCUT2D eigenvalue weighted by molar-refractivity contribution is 5.90. The molecule has 1 saturated heterocycles. The standard InChI is InChI=1S/C15H17N5O3/c1-2-20(14(22)11-7-16-15(23)18-11)8-12-17-10-6-4-3-5-9(10)13(21)19-12/h3-6,11H,2,7-8H2,1H3,(H2,16,18,23)(H,17,19,21)/t11-/m0/s1. The summed E-state index contributed by atoms with van der Waals surface area (Å²) in [6.07, 6.45) is 0. The molecule has 8 heteroatoms. The number of aromatic nitrogens is 2. The van der Waals surface area contributed by atoms with E-state index in [-0.39, 0.29) is 30.6 Å². The molecule has 0 radical (unpaired) electrons. The van der Waals surface area contributed by atoms with Gasteiger partial charge in [-0.05, 0) is 19.1 Å². The zero-order valence-corrected chi connectivity index (χ0v) is 12.6. The molecule has 3 rings (SSSR count). The highest BCUT2D eigenvalue weighted by Crippen LogP contribution is 2.08. The molecular formula is C15H17N5O3. The van der Waals surface area contributed by atoms with Crippen LogP contribution in [0.3, 0.4) is 0 Å². The number of carbonyl (C=O) groups is 2. The second-order valence-corrected chi connectivity index (χ2v) is 5.29. The zero-order valence-electron chi connectivity index (χ0n) is 12.6. The van der Waals surface area contributed by atoms with Gasteiger partial charge < -0.3 is 20.5 Å². The molecule has 2 heterocycles. The van der Waals surface area contributed by atoms with Crippen LogP contribution >= 0.6 is 0 Å². The lowest BCUT2D eigenvalue weighted by atomic mass is 10.2. The van der Waals surface area contributed by atoms with Gasteiger partial charge in [-0.15, -0.1) is 0 Å². The van der Waals surface area contributed by atoms with Gasteiger partial charge in [0.25, 0.3) is 5.56 Å². The Morgan fingerprint density at radius 1 is 1.35 bits per heavy atom. The molecule has 0 unspecified atom stereocenters. The number of fused-ring (bicyclic) bond motifs is 1. The van der Waals surface area contributed by atoms with Crippen molar-refractivity contribution in [2.75, 3.05) is 13.1 Å². The number of amides is 3. The number of likely N-dealkylation sites (N-methyl/N-ethyl adjacent to an activating group) is 1. The van der Waals surface area contributed by atoms with Crippen molar-refractivity contribution in [2.24, 2.45) is 0 Å². The number of nitrogens with zero attached hydrogens (tertiary/aromatic N) is 2. The normalized spacial score (nSPS) is 16.9. The lowest BCUT2D eigenvalue weighted by molar-refractivity contribution is -0.133. The van der Waals surface area contributed by atoms with Crippen LogP contribution in [0.5, 0.6) is 0 Å². The monoisotopic (exact) mass is 315 g/mol.